The highest BCUT2D eigenvalue weighted by atomic mass is 16.4. The molecule has 2 N–H and O–H groups in total. The summed E-state index contributed by atoms with van der Waals surface area (Å²) in [5.41, 5.74) is 2.38. The van der Waals surface area contributed by atoms with Gasteiger partial charge in [0.2, 0.25) is 0 Å². The maximum atomic E-state index is 13.0. The van der Waals surface area contributed by atoms with Gasteiger partial charge in [0.25, 0.3) is 5.91 Å². The van der Waals surface area contributed by atoms with Crippen LogP contribution in [0.25, 0.3) is 0 Å². The van der Waals surface area contributed by atoms with Crippen LogP contribution in [0.1, 0.15) is 59.8 Å². The SMILES string of the molecule is CC(C)CC(NC(=O)c1cc(C#N)ccc1CCC(=O)O)c1ccccc1. The van der Waals surface area contributed by atoms with Crippen molar-refractivity contribution in [3.8, 4) is 6.07 Å². The molecule has 2 rings (SSSR count). The highest BCUT2D eigenvalue weighted by Crippen LogP contribution is 2.23. The van der Waals surface area contributed by atoms with Crippen LogP contribution in [0, 0.1) is 17.2 Å². The summed E-state index contributed by atoms with van der Waals surface area (Å²) < 4.78 is 0. The van der Waals surface area contributed by atoms with Crippen molar-refractivity contribution in [3.63, 3.8) is 0 Å². The predicted molar refractivity (Wildman–Crippen MR) is 103 cm³/mol. The highest BCUT2D eigenvalue weighted by molar-refractivity contribution is 5.96. The van der Waals surface area contributed by atoms with Gasteiger partial charge < -0.3 is 10.4 Å². The number of hydrogen-bond acceptors (Lipinski definition) is 3. The standard InChI is InChI=1S/C22H24N2O3/c1-15(2)12-20(18-6-4-3-5-7-18)24-22(27)19-13-16(14-23)8-9-17(19)10-11-21(25)26/h3-9,13,15,20H,10-12H2,1-2H3,(H,24,27)(H,25,26). The lowest BCUT2D eigenvalue weighted by Crippen LogP contribution is -2.30. The fourth-order valence-electron chi connectivity index (χ4n) is 2.99. The van der Waals surface area contributed by atoms with E-state index in [9.17, 15) is 9.59 Å². The Morgan fingerprint density at radius 1 is 1.15 bits per heavy atom. The molecule has 1 amide bonds. The van der Waals surface area contributed by atoms with E-state index in [2.05, 4.69) is 19.2 Å². The average Bonchev–Trinajstić information content (AvgIpc) is 2.66. The number of hydrogen-bond donors (Lipinski definition) is 2. The van der Waals surface area contributed by atoms with Crippen LogP contribution in [0.15, 0.2) is 48.5 Å². The summed E-state index contributed by atoms with van der Waals surface area (Å²) in [5.74, 6) is -0.831. The van der Waals surface area contributed by atoms with Gasteiger partial charge in [-0.1, -0.05) is 50.2 Å². The highest BCUT2D eigenvalue weighted by Gasteiger charge is 2.19. The Balaban J connectivity index is 2.30. The number of carboxylic acid groups (broad SMARTS) is 1. The number of nitrogens with zero attached hydrogens (tertiary/aromatic N) is 1. The molecule has 1 atom stereocenters. The number of nitrogens with one attached hydrogen (secondary N) is 1. The fourth-order valence-corrected chi connectivity index (χ4v) is 2.99. The third-order valence-electron chi connectivity index (χ3n) is 4.31. The van der Waals surface area contributed by atoms with Gasteiger partial charge in [-0.05, 0) is 42.0 Å². The molecule has 140 valence electrons. The second-order valence-electron chi connectivity index (χ2n) is 6.94. The molecule has 0 saturated carbocycles. The summed E-state index contributed by atoms with van der Waals surface area (Å²) in [7, 11) is 0. The lowest BCUT2D eigenvalue weighted by atomic mass is 9.95. The van der Waals surface area contributed by atoms with Crippen LogP contribution >= 0.6 is 0 Å². The minimum Gasteiger partial charge on any atom is -0.481 e. The van der Waals surface area contributed by atoms with Gasteiger partial charge in [-0.2, -0.15) is 5.26 Å². The number of benzene rings is 2. The second kappa shape index (κ2) is 9.54. The Labute approximate surface area is 159 Å². The molecule has 0 aliphatic heterocycles. The third-order valence-corrected chi connectivity index (χ3v) is 4.31. The molecule has 0 radical (unpaired) electrons. The Hall–Kier alpha value is -3.13. The van der Waals surface area contributed by atoms with Crippen molar-refractivity contribution in [1.29, 1.82) is 5.26 Å². The summed E-state index contributed by atoms with van der Waals surface area (Å²) in [4.78, 5) is 23.9. The van der Waals surface area contributed by atoms with Crippen LogP contribution in [0.3, 0.4) is 0 Å². The van der Waals surface area contributed by atoms with Gasteiger partial charge in [0.05, 0.1) is 17.7 Å². The number of amides is 1. The number of aryl methyl sites for hydroxylation is 1. The van der Waals surface area contributed by atoms with Gasteiger partial charge in [0.1, 0.15) is 0 Å². The van der Waals surface area contributed by atoms with Gasteiger partial charge in [-0.25, -0.2) is 0 Å². The maximum absolute atomic E-state index is 13.0. The average molecular weight is 364 g/mol. The van der Waals surface area contributed by atoms with Crippen LogP contribution in [0.2, 0.25) is 0 Å². The van der Waals surface area contributed by atoms with Gasteiger partial charge in [0, 0.05) is 12.0 Å². The minimum atomic E-state index is -0.923. The molecular formula is C22H24N2O3. The molecule has 2 aromatic rings. The Morgan fingerprint density at radius 2 is 1.85 bits per heavy atom. The molecule has 0 aromatic heterocycles. The van der Waals surface area contributed by atoms with Crippen LogP contribution < -0.4 is 5.32 Å². The molecule has 0 aliphatic rings. The topological polar surface area (TPSA) is 90.2 Å². The summed E-state index contributed by atoms with van der Waals surface area (Å²) in [6.07, 6.45) is 0.947. The molecule has 1 unspecified atom stereocenters. The minimum absolute atomic E-state index is 0.0692. The zero-order valence-corrected chi connectivity index (χ0v) is 15.6. The van der Waals surface area contributed by atoms with E-state index in [1.807, 2.05) is 36.4 Å². The van der Waals surface area contributed by atoms with E-state index in [4.69, 9.17) is 10.4 Å². The molecular weight excluding hydrogens is 340 g/mol. The van der Waals surface area contributed by atoms with Gasteiger partial charge in [-0.3, -0.25) is 9.59 Å². The van der Waals surface area contributed by atoms with Crippen LogP contribution in [-0.4, -0.2) is 17.0 Å². The van der Waals surface area contributed by atoms with Crippen molar-refractivity contribution >= 4 is 11.9 Å². The van der Waals surface area contributed by atoms with Crippen molar-refractivity contribution in [3.05, 3.63) is 70.8 Å². The summed E-state index contributed by atoms with van der Waals surface area (Å²) in [5, 5.41) is 21.2. The first-order chi connectivity index (χ1) is 12.9. The smallest absolute Gasteiger partial charge is 0.303 e. The van der Waals surface area contributed by atoms with Gasteiger partial charge in [0.15, 0.2) is 0 Å². The number of carbonyl (C=O) groups excluding carboxylic acids is 1. The predicted octanol–water partition coefficient (Wildman–Crippen LogP) is 4.09. The molecule has 0 aliphatic carbocycles. The zero-order chi connectivity index (χ0) is 19.8. The first-order valence-electron chi connectivity index (χ1n) is 9.01. The zero-order valence-electron chi connectivity index (χ0n) is 15.6. The van der Waals surface area contributed by atoms with Gasteiger partial charge in [-0.15, -0.1) is 0 Å². The summed E-state index contributed by atoms with van der Waals surface area (Å²) >= 11 is 0. The van der Waals surface area contributed by atoms with Gasteiger partial charge >= 0.3 is 5.97 Å². The monoisotopic (exact) mass is 364 g/mol. The van der Waals surface area contributed by atoms with Crippen molar-refractivity contribution in [2.24, 2.45) is 5.92 Å². The molecule has 5 heteroatoms. The normalized spacial score (nSPS) is 11.6. The maximum Gasteiger partial charge on any atom is 0.303 e. The van der Waals surface area contributed by atoms with Crippen LogP contribution in [0.4, 0.5) is 0 Å². The largest absolute Gasteiger partial charge is 0.481 e. The molecule has 0 fully saturated rings. The number of rotatable bonds is 8. The molecule has 0 saturated heterocycles. The molecule has 2 aromatic carbocycles. The van der Waals surface area contributed by atoms with Crippen molar-refractivity contribution < 1.29 is 14.7 Å². The molecule has 0 spiro atoms. The number of carboxylic acids is 1. The molecule has 0 heterocycles. The van der Waals surface area contributed by atoms with Crippen LogP contribution in [-0.2, 0) is 11.2 Å². The van der Waals surface area contributed by atoms with E-state index in [0.29, 0.717) is 22.6 Å². The third kappa shape index (κ3) is 5.96. The fraction of sp³-hybridized carbons (Fsp3) is 0.318. The quantitative estimate of drug-likeness (QED) is 0.738. The first-order valence-corrected chi connectivity index (χ1v) is 9.01. The summed E-state index contributed by atoms with van der Waals surface area (Å²) in [6, 6.07) is 16.4. The number of aliphatic carboxylic acids is 1. The Kier molecular flexibility index (Phi) is 7.13. The van der Waals surface area contributed by atoms with Crippen molar-refractivity contribution in [1.82, 2.24) is 5.32 Å². The second-order valence-corrected chi connectivity index (χ2v) is 6.94. The van der Waals surface area contributed by atoms with Crippen LogP contribution in [0.5, 0.6) is 0 Å². The first kappa shape index (κ1) is 20.2. The van der Waals surface area contributed by atoms with E-state index in [0.717, 1.165) is 12.0 Å². The molecule has 27 heavy (non-hydrogen) atoms. The van der Waals surface area contributed by atoms with Crippen molar-refractivity contribution in [2.45, 2.75) is 39.2 Å². The van der Waals surface area contributed by atoms with E-state index < -0.39 is 5.97 Å². The van der Waals surface area contributed by atoms with E-state index in [-0.39, 0.29) is 24.8 Å². The Bertz CT molecular complexity index is 838. The number of nitriles is 1. The van der Waals surface area contributed by atoms with Crippen molar-refractivity contribution in [2.75, 3.05) is 0 Å². The lowest BCUT2D eigenvalue weighted by Gasteiger charge is -2.22. The van der Waals surface area contributed by atoms with E-state index in [1.54, 1.807) is 12.1 Å². The Morgan fingerprint density at radius 3 is 2.44 bits per heavy atom. The summed E-state index contributed by atoms with van der Waals surface area (Å²) in [6.45, 7) is 4.19. The molecule has 5 nitrogen and oxygen atoms in total. The van der Waals surface area contributed by atoms with E-state index >= 15 is 0 Å². The lowest BCUT2D eigenvalue weighted by molar-refractivity contribution is -0.136. The number of carbonyl (C=O) groups is 2. The van der Waals surface area contributed by atoms with E-state index in [1.165, 1.54) is 6.07 Å². The molecule has 0 bridgehead atoms.